The first kappa shape index (κ1) is 13.3. The van der Waals surface area contributed by atoms with Crippen molar-refractivity contribution in [1.29, 1.82) is 0 Å². The van der Waals surface area contributed by atoms with Crippen LogP contribution in [-0.4, -0.2) is 16.3 Å². The first-order valence-corrected chi connectivity index (χ1v) is 4.98. The second kappa shape index (κ2) is 6.71. The normalized spacial score (nSPS) is 9.64. The molecule has 3 nitrogen and oxygen atoms in total. The number of aromatic nitrogens is 2. The SMILES string of the molecule is CCCCCNc1cnn(C)c1C.Cl. The molecule has 0 saturated carbocycles. The summed E-state index contributed by atoms with van der Waals surface area (Å²) in [5.74, 6) is 0. The average Bonchev–Trinajstić information content (AvgIpc) is 2.43. The van der Waals surface area contributed by atoms with Gasteiger partial charge in [0.05, 0.1) is 17.6 Å². The van der Waals surface area contributed by atoms with Crippen molar-refractivity contribution < 1.29 is 0 Å². The molecule has 0 atom stereocenters. The maximum atomic E-state index is 4.17. The quantitative estimate of drug-likeness (QED) is 0.769. The number of hydrogen-bond acceptors (Lipinski definition) is 2. The van der Waals surface area contributed by atoms with Gasteiger partial charge in [-0.3, -0.25) is 4.68 Å². The fraction of sp³-hybridized carbons (Fsp3) is 0.700. The Hall–Kier alpha value is -0.700. The topological polar surface area (TPSA) is 29.9 Å². The molecule has 0 unspecified atom stereocenters. The van der Waals surface area contributed by atoms with Crippen LogP contribution in [0.25, 0.3) is 0 Å². The van der Waals surface area contributed by atoms with Crippen LogP contribution in [0.2, 0.25) is 0 Å². The number of anilines is 1. The largest absolute Gasteiger partial charge is 0.382 e. The number of unbranched alkanes of at least 4 members (excludes halogenated alkanes) is 2. The summed E-state index contributed by atoms with van der Waals surface area (Å²) in [5.41, 5.74) is 2.37. The summed E-state index contributed by atoms with van der Waals surface area (Å²) in [6, 6.07) is 0. The molecule has 1 aromatic heterocycles. The summed E-state index contributed by atoms with van der Waals surface area (Å²) in [5, 5.41) is 7.55. The predicted octanol–water partition coefficient (Wildman–Crippen LogP) is 2.75. The van der Waals surface area contributed by atoms with Gasteiger partial charge in [-0.1, -0.05) is 19.8 Å². The van der Waals surface area contributed by atoms with Crippen molar-refractivity contribution in [2.45, 2.75) is 33.1 Å². The Morgan fingerprint density at radius 2 is 2.14 bits per heavy atom. The van der Waals surface area contributed by atoms with Crippen LogP contribution in [0.15, 0.2) is 6.20 Å². The minimum Gasteiger partial charge on any atom is -0.382 e. The molecule has 0 radical (unpaired) electrons. The lowest BCUT2D eigenvalue weighted by atomic mass is 10.2. The van der Waals surface area contributed by atoms with Gasteiger partial charge in [0, 0.05) is 13.6 Å². The van der Waals surface area contributed by atoms with Gasteiger partial charge in [-0.25, -0.2) is 0 Å². The van der Waals surface area contributed by atoms with Crippen LogP contribution in [-0.2, 0) is 7.05 Å². The molecule has 0 aliphatic carbocycles. The number of hydrogen-bond donors (Lipinski definition) is 1. The van der Waals surface area contributed by atoms with Gasteiger partial charge in [-0.15, -0.1) is 12.4 Å². The van der Waals surface area contributed by atoms with Gasteiger partial charge < -0.3 is 5.32 Å². The molecule has 0 amide bonds. The molecular weight excluding hydrogens is 198 g/mol. The number of aryl methyl sites for hydroxylation is 1. The molecule has 0 bridgehead atoms. The molecule has 0 spiro atoms. The Balaban J connectivity index is 0.00000169. The van der Waals surface area contributed by atoms with E-state index in [1.54, 1.807) is 0 Å². The van der Waals surface area contributed by atoms with Crippen LogP contribution in [0.4, 0.5) is 5.69 Å². The van der Waals surface area contributed by atoms with Crippen molar-refractivity contribution in [3.05, 3.63) is 11.9 Å². The van der Waals surface area contributed by atoms with E-state index in [1.807, 2.05) is 17.9 Å². The number of rotatable bonds is 5. The lowest BCUT2D eigenvalue weighted by Crippen LogP contribution is -2.02. The van der Waals surface area contributed by atoms with E-state index >= 15 is 0 Å². The summed E-state index contributed by atoms with van der Waals surface area (Å²) in [6.07, 6.45) is 5.70. The molecule has 0 aliphatic rings. The monoisotopic (exact) mass is 217 g/mol. The number of nitrogens with zero attached hydrogens (tertiary/aromatic N) is 2. The van der Waals surface area contributed by atoms with Gasteiger partial charge in [0.2, 0.25) is 0 Å². The van der Waals surface area contributed by atoms with Crippen molar-refractivity contribution >= 4 is 18.1 Å². The summed E-state index contributed by atoms with van der Waals surface area (Å²) < 4.78 is 1.89. The molecule has 0 aromatic carbocycles. The highest BCUT2D eigenvalue weighted by Crippen LogP contribution is 2.11. The van der Waals surface area contributed by atoms with Crippen LogP contribution in [0, 0.1) is 6.92 Å². The first-order chi connectivity index (χ1) is 6.25. The molecule has 14 heavy (non-hydrogen) atoms. The van der Waals surface area contributed by atoms with Crippen LogP contribution < -0.4 is 5.32 Å². The zero-order valence-corrected chi connectivity index (χ0v) is 10.0. The standard InChI is InChI=1S/C10H19N3.ClH/c1-4-5-6-7-11-10-8-12-13(3)9(10)2;/h8,11H,4-7H2,1-3H3;1H. The maximum absolute atomic E-state index is 4.17. The molecule has 1 aromatic rings. The van der Waals surface area contributed by atoms with Gasteiger partial charge in [-0.2, -0.15) is 5.10 Å². The lowest BCUT2D eigenvalue weighted by Gasteiger charge is -2.04. The number of nitrogens with one attached hydrogen (secondary N) is 1. The van der Waals surface area contributed by atoms with E-state index in [9.17, 15) is 0 Å². The molecule has 82 valence electrons. The Morgan fingerprint density at radius 3 is 2.64 bits per heavy atom. The van der Waals surface area contributed by atoms with Gasteiger partial charge in [0.25, 0.3) is 0 Å². The van der Waals surface area contributed by atoms with Crippen LogP contribution >= 0.6 is 12.4 Å². The molecule has 1 rings (SSSR count). The van der Waals surface area contributed by atoms with E-state index in [1.165, 1.54) is 30.6 Å². The van der Waals surface area contributed by atoms with Crippen molar-refractivity contribution in [2.75, 3.05) is 11.9 Å². The Bertz CT molecular complexity index is 258. The van der Waals surface area contributed by atoms with Gasteiger partial charge in [-0.05, 0) is 13.3 Å². The molecule has 0 fully saturated rings. The van der Waals surface area contributed by atoms with Crippen molar-refractivity contribution in [1.82, 2.24) is 9.78 Å². The highest BCUT2D eigenvalue weighted by molar-refractivity contribution is 5.85. The van der Waals surface area contributed by atoms with Crippen LogP contribution in [0.5, 0.6) is 0 Å². The Labute approximate surface area is 92.3 Å². The first-order valence-electron chi connectivity index (χ1n) is 4.98. The zero-order chi connectivity index (χ0) is 9.68. The minimum atomic E-state index is 0. The van der Waals surface area contributed by atoms with E-state index in [0.29, 0.717) is 0 Å². The van der Waals surface area contributed by atoms with Gasteiger partial charge in [0.1, 0.15) is 0 Å². The van der Waals surface area contributed by atoms with E-state index in [0.717, 1.165) is 6.54 Å². The van der Waals surface area contributed by atoms with Crippen molar-refractivity contribution in [2.24, 2.45) is 7.05 Å². The van der Waals surface area contributed by atoms with Crippen LogP contribution in [0.1, 0.15) is 31.9 Å². The second-order valence-electron chi connectivity index (χ2n) is 3.40. The van der Waals surface area contributed by atoms with Crippen molar-refractivity contribution in [3.8, 4) is 0 Å². The second-order valence-corrected chi connectivity index (χ2v) is 3.40. The average molecular weight is 218 g/mol. The molecule has 1 N–H and O–H groups in total. The number of halogens is 1. The van der Waals surface area contributed by atoms with Crippen LogP contribution in [0.3, 0.4) is 0 Å². The van der Waals surface area contributed by atoms with Gasteiger partial charge >= 0.3 is 0 Å². The van der Waals surface area contributed by atoms with E-state index < -0.39 is 0 Å². The summed E-state index contributed by atoms with van der Waals surface area (Å²) >= 11 is 0. The zero-order valence-electron chi connectivity index (χ0n) is 9.21. The molecule has 0 saturated heterocycles. The third-order valence-electron chi connectivity index (χ3n) is 2.33. The third-order valence-corrected chi connectivity index (χ3v) is 2.33. The van der Waals surface area contributed by atoms with Crippen molar-refractivity contribution in [3.63, 3.8) is 0 Å². The maximum Gasteiger partial charge on any atom is 0.0756 e. The van der Waals surface area contributed by atoms with E-state index in [-0.39, 0.29) is 12.4 Å². The molecule has 4 heteroatoms. The summed E-state index contributed by atoms with van der Waals surface area (Å²) in [7, 11) is 1.96. The lowest BCUT2D eigenvalue weighted by molar-refractivity contribution is 0.736. The molecular formula is C10H20ClN3. The summed E-state index contributed by atoms with van der Waals surface area (Å²) in [6.45, 7) is 5.35. The molecule has 0 aliphatic heterocycles. The highest BCUT2D eigenvalue weighted by Gasteiger charge is 2.00. The molecule has 1 heterocycles. The Kier molecular flexibility index (Phi) is 6.37. The van der Waals surface area contributed by atoms with E-state index in [2.05, 4.69) is 24.3 Å². The van der Waals surface area contributed by atoms with E-state index in [4.69, 9.17) is 0 Å². The predicted molar refractivity (Wildman–Crippen MR) is 63.2 cm³/mol. The minimum absolute atomic E-state index is 0. The highest BCUT2D eigenvalue weighted by atomic mass is 35.5. The fourth-order valence-electron chi connectivity index (χ4n) is 1.27. The smallest absolute Gasteiger partial charge is 0.0756 e. The third kappa shape index (κ3) is 3.58. The van der Waals surface area contributed by atoms with Gasteiger partial charge in [0.15, 0.2) is 0 Å². The Morgan fingerprint density at radius 1 is 1.43 bits per heavy atom. The fourth-order valence-corrected chi connectivity index (χ4v) is 1.27. The summed E-state index contributed by atoms with van der Waals surface area (Å²) in [4.78, 5) is 0.